The lowest BCUT2D eigenvalue weighted by molar-refractivity contribution is 0.0958. The predicted octanol–water partition coefficient (Wildman–Crippen LogP) is 2.11. The summed E-state index contributed by atoms with van der Waals surface area (Å²) >= 11 is 1.56. The smallest absolute Gasteiger partial charge is 0.269 e. The Bertz CT molecular complexity index is 831. The number of hydrogen-bond donors (Lipinski definition) is 2. The molecule has 0 saturated heterocycles. The number of nitrogens with two attached hydrogens (primary N) is 1. The van der Waals surface area contributed by atoms with Crippen LogP contribution in [0, 0.1) is 0 Å². The Morgan fingerprint density at radius 2 is 2.18 bits per heavy atom. The van der Waals surface area contributed by atoms with Gasteiger partial charge in [-0.2, -0.15) is 0 Å². The molecule has 3 N–H and O–H groups in total. The van der Waals surface area contributed by atoms with E-state index in [1.165, 1.54) is 0 Å². The van der Waals surface area contributed by atoms with Crippen molar-refractivity contribution in [3.63, 3.8) is 0 Å². The molecule has 1 amide bonds. The quantitative estimate of drug-likeness (QED) is 0.720. The number of rotatable bonds is 4. The third kappa shape index (κ3) is 2.69. The van der Waals surface area contributed by atoms with E-state index in [1.807, 2.05) is 18.2 Å². The maximum Gasteiger partial charge on any atom is 0.269 e. The summed E-state index contributed by atoms with van der Waals surface area (Å²) in [5.74, 6) is 4.89. The van der Waals surface area contributed by atoms with E-state index in [0.29, 0.717) is 12.3 Å². The first-order valence-corrected chi connectivity index (χ1v) is 7.42. The Morgan fingerprint density at radius 3 is 2.95 bits per heavy atom. The average Bonchev–Trinajstić information content (AvgIpc) is 3.02. The predicted molar refractivity (Wildman–Crippen MR) is 85.2 cm³/mol. The molecule has 6 nitrogen and oxygen atoms in total. The number of hydrogen-bond acceptors (Lipinski definition) is 6. The van der Waals surface area contributed by atoms with Crippen LogP contribution in [0.15, 0.2) is 36.7 Å². The van der Waals surface area contributed by atoms with Gasteiger partial charge in [-0.1, -0.05) is 0 Å². The number of fused-ring (bicyclic) bond motifs is 1. The first kappa shape index (κ1) is 14.6. The monoisotopic (exact) mass is 314 g/mol. The maximum absolute atomic E-state index is 11.8. The van der Waals surface area contributed by atoms with Gasteiger partial charge in [-0.15, -0.1) is 11.3 Å². The molecule has 0 aliphatic rings. The largest absolute Gasteiger partial charge is 0.354 e. The summed E-state index contributed by atoms with van der Waals surface area (Å²) in [7, 11) is 1.58. The molecule has 0 fully saturated rings. The third-order valence-corrected chi connectivity index (χ3v) is 4.30. The van der Waals surface area contributed by atoms with Gasteiger partial charge >= 0.3 is 0 Å². The standard InChI is InChI=1S/C15H14N4O2S/c1-17-15(20)12-4-2-9-6-18-7-11(14(9)19-12)13-5-3-10(22-13)8-21-16/h2-7H,8,16H2,1H3,(H,17,20). The number of pyridine rings is 2. The maximum atomic E-state index is 11.8. The van der Waals surface area contributed by atoms with Crippen LogP contribution in [0.25, 0.3) is 21.3 Å². The molecule has 0 aromatic carbocycles. The average molecular weight is 314 g/mol. The van der Waals surface area contributed by atoms with Crippen LogP contribution in [0.3, 0.4) is 0 Å². The lowest BCUT2D eigenvalue weighted by atomic mass is 10.1. The highest BCUT2D eigenvalue weighted by molar-refractivity contribution is 7.15. The van der Waals surface area contributed by atoms with Gasteiger partial charge < -0.3 is 5.32 Å². The molecule has 0 saturated carbocycles. The minimum atomic E-state index is -0.215. The molecular formula is C15H14N4O2S. The van der Waals surface area contributed by atoms with E-state index in [4.69, 9.17) is 5.90 Å². The van der Waals surface area contributed by atoms with E-state index in [-0.39, 0.29) is 5.91 Å². The molecule has 3 heterocycles. The van der Waals surface area contributed by atoms with Gasteiger partial charge in [0, 0.05) is 40.1 Å². The van der Waals surface area contributed by atoms with Crippen molar-refractivity contribution in [3.05, 3.63) is 47.2 Å². The molecule has 0 aliphatic carbocycles. The number of carbonyl (C=O) groups excluding carboxylic acids is 1. The molecule has 3 rings (SSSR count). The summed E-state index contributed by atoms with van der Waals surface area (Å²) in [5.41, 5.74) is 2.01. The molecule has 0 atom stereocenters. The van der Waals surface area contributed by atoms with Crippen LogP contribution in [0.5, 0.6) is 0 Å². The lowest BCUT2D eigenvalue weighted by Crippen LogP contribution is -2.19. The first-order chi connectivity index (χ1) is 10.7. The van der Waals surface area contributed by atoms with Crippen LogP contribution < -0.4 is 11.2 Å². The van der Waals surface area contributed by atoms with Gasteiger partial charge in [0.1, 0.15) is 12.3 Å². The Balaban J connectivity index is 2.13. The molecule has 112 valence electrons. The van der Waals surface area contributed by atoms with Gasteiger partial charge in [0.15, 0.2) is 0 Å². The summed E-state index contributed by atoms with van der Waals surface area (Å²) in [5, 5.41) is 3.47. The molecule has 7 heteroatoms. The summed E-state index contributed by atoms with van der Waals surface area (Å²) < 4.78 is 0. The summed E-state index contributed by atoms with van der Waals surface area (Å²) in [6, 6.07) is 7.47. The first-order valence-electron chi connectivity index (χ1n) is 6.60. The number of nitrogens with zero attached hydrogens (tertiary/aromatic N) is 2. The van der Waals surface area contributed by atoms with Crippen molar-refractivity contribution >= 4 is 28.1 Å². The van der Waals surface area contributed by atoms with Gasteiger partial charge in [-0.05, 0) is 24.3 Å². The highest BCUT2D eigenvalue weighted by atomic mass is 32.1. The van der Waals surface area contributed by atoms with Crippen molar-refractivity contribution in [1.29, 1.82) is 0 Å². The molecule has 0 aliphatic heterocycles. The molecule has 0 spiro atoms. The van der Waals surface area contributed by atoms with Crippen molar-refractivity contribution in [1.82, 2.24) is 15.3 Å². The van der Waals surface area contributed by atoms with Gasteiger partial charge in [0.05, 0.1) is 5.52 Å². The van der Waals surface area contributed by atoms with E-state index in [9.17, 15) is 4.79 Å². The van der Waals surface area contributed by atoms with Crippen LogP contribution in [0.1, 0.15) is 15.4 Å². The Morgan fingerprint density at radius 1 is 1.32 bits per heavy atom. The van der Waals surface area contributed by atoms with Crippen molar-refractivity contribution < 1.29 is 9.63 Å². The van der Waals surface area contributed by atoms with E-state index in [0.717, 1.165) is 26.2 Å². The third-order valence-electron chi connectivity index (χ3n) is 3.21. The van der Waals surface area contributed by atoms with Crippen LogP contribution in [-0.2, 0) is 11.4 Å². The molecule has 0 unspecified atom stereocenters. The second-order valence-electron chi connectivity index (χ2n) is 4.61. The highest BCUT2D eigenvalue weighted by Crippen LogP contribution is 2.32. The number of aromatic nitrogens is 2. The number of amides is 1. The minimum Gasteiger partial charge on any atom is -0.354 e. The zero-order chi connectivity index (χ0) is 15.5. The molecular weight excluding hydrogens is 300 g/mol. The van der Waals surface area contributed by atoms with E-state index >= 15 is 0 Å². The second-order valence-corrected chi connectivity index (χ2v) is 5.78. The summed E-state index contributed by atoms with van der Waals surface area (Å²) in [6.45, 7) is 0.361. The molecule has 0 bridgehead atoms. The minimum absolute atomic E-state index is 0.215. The van der Waals surface area contributed by atoms with Gasteiger partial charge in [0.2, 0.25) is 0 Å². The van der Waals surface area contributed by atoms with Crippen LogP contribution in [0.2, 0.25) is 0 Å². The molecule has 22 heavy (non-hydrogen) atoms. The van der Waals surface area contributed by atoms with Gasteiger partial charge in [-0.3, -0.25) is 14.6 Å². The zero-order valence-corrected chi connectivity index (χ0v) is 12.7. The van der Waals surface area contributed by atoms with Crippen LogP contribution >= 0.6 is 11.3 Å². The normalized spacial score (nSPS) is 10.8. The Kier molecular flexibility index (Phi) is 4.10. The zero-order valence-electron chi connectivity index (χ0n) is 11.9. The van der Waals surface area contributed by atoms with Crippen molar-refractivity contribution in [3.8, 4) is 10.4 Å². The molecule has 3 aromatic heterocycles. The molecule has 3 aromatic rings. The fourth-order valence-corrected chi connectivity index (χ4v) is 3.10. The Hall–Kier alpha value is -2.35. The fourth-order valence-electron chi connectivity index (χ4n) is 2.16. The summed E-state index contributed by atoms with van der Waals surface area (Å²) in [6.07, 6.45) is 3.48. The van der Waals surface area contributed by atoms with Crippen molar-refractivity contribution in [2.24, 2.45) is 5.90 Å². The van der Waals surface area contributed by atoms with Gasteiger partial charge in [0.25, 0.3) is 5.91 Å². The van der Waals surface area contributed by atoms with Crippen molar-refractivity contribution in [2.45, 2.75) is 6.61 Å². The Labute approximate surface area is 130 Å². The van der Waals surface area contributed by atoms with E-state index < -0.39 is 0 Å². The summed E-state index contributed by atoms with van der Waals surface area (Å²) in [4.78, 5) is 27.2. The van der Waals surface area contributed by atoms with Crippen LogP contribution in [0.4, 0.5) is 0 Å². The van der Waals surface area contributed by atoms with E-state index in [2.05, 4.69) is 20.1 Å². The highest BCUT2D eigenvalue weighted by Gasteiger charge is 2.12. The van der Waals surface area contributed by atoms with Gasteiger partial charge in [-0.25, -0.2) is 10.9 Å². The number of nitrogens with one attached hydrogen (secondary N) is 1. The fraction of sp³-hybridized carbons (Fsp3) is 0.133. The number of carbonyl (C=O) groups is 1. The molecule has 0 radical (unpaired) electrons. The number of thiophene rings is 1. The topological polar surface area (TPSA) is 90.1 Å². The van der Waals surface area contributed by atoms with Crippen LogP contribution in [-0.4, -0.2) is 22.9 Å². The van der Waals surface area contributed by atoms with Crippen molar-refractivity contribution in [2.75, 3.05) is 7.05 Å². The SMILES string of the molecule is CNC(=O)c1ccc2cncc(-c3ccc(CON)s3)c2n1. The second kappa shape index (κ2) is 6.18. The lowest BCUT2D eigenvalue weighted by Gasteiger charge is -2.05. The van der Waals surface area contributed by atoms with E-state index in [1.54, 1.807) is 36.8 Å².